The van der Waals surface area contributed by atoms with E-state index in [9.17, 15) is 18.0 Å². The van der Waals surface area contributed by atoms with Crippen molar-refractivity contribution in [2.24, 2.45) is 0 Å². The van der Waals surface area contributed by atoms with Gasteiger partial charge in [-0.3, -0.25) is 9.59 Å². The summed E-state index contributed by atoms with van der Waals surface area (Å²) >= 11 is 1.04. The zero-order valence-corrected chi connectivity index (χ0v) is 18.6. The third kappa shape index (κ3) is 5.94. The van der Waals surface area contributed by atoms with Crippen molar-refractivity contribution in [1.29, 1.82) is 0 Å². The number of esters is 1. The smallest absolute Gasteiger partial charge is 0.307 e. The molecule has 2 rings (SSSR count). The Morgan fingerprint density at radius 1 is 1.10 bits per heavy atom. The predicted molar refractivity (Wildman–Crippen MR) is 111 cm³/mol. The lowest BCUT2D eigenvalue weighted by Crippen LogP contribution is -2.46. The number of sulfonamides is 1. The van der Waals surface area contributed by atoms with Gasteiger partial charge in [0, 0.05) is 0 Å². The van der Waals surface area contributed by atoms with Crippen LogP contribution in [-0.2, 0) is 24.3 Å². The Morgan fingerprint density at radius 2 is 1.80 bits per heavy atom. The maximum Gasteiger partial charge on any atom is 0.307 e. The van der Waals surface area contributed by atoms with Crippen LogP contribution in [0.2, 0.25) is 0 Å². The fraction of sp³-hybridized carbons (Fsp3) is 0.368. The zero-order chi connectivity index (χ0) is 22.3. The largest absolute Gasteiger partial charge is 0.493 e. The second-order valence-corrected chi connectivity index (χ2v) is 9.12. The number of nitrogens with one attached hydrogen (secondary N) is 2. The van der Waals surface area contributed by atoms with Crippen LogP contribution in [0.15, 0.2) is 39.9 Å². The molecule has 1 aromatic heterocycles. The first-order valence-electron chi connectivity index (χ1n) is 8.86. The Morgan fingerprint density at radius 3 is 2.37 bits per heavy atom. The highest BCUT2D eigenvalue weighted by Gasteiger charge is 2.26. The number of benzene rings is 1. The normalized spacial score (nSPS) is 13.2. The van der Waals surface area contributed by atoms with Crippen molar-refractivity contribution in [3.8, 4) is 11.5 Å². The lowest BCUT2D eigenvalue weighted by atomic mass is 10.0. The minimum atomic E-state index is -3.83. The van der Waals surface area contributed by atoms with Gasteiger partial charge in [-0.15, -0.1) is 11.3 Å². The van der Waals surface area contributed by atoms with Crippen molar-refractivity contribution in [3.63, 3.8) is 0 Å². The van der Waals surface area contributed by atoms with Crippen LogP contribution in [0, 0.1) is 0 Å². The molecule has 1 amide bonds. The summed E-state index contributed by atoms with van der Waals surface area (Å²) in [5, 5.41) is 4.32. The van der Waals surface area contributed by atoms with Gasteiger partial charge in [0.25, 0.3) is 10.0 Å². The second kappa shape index (κ2) is 10.4. The molecule has 2 N–H and O–H groups in total. The van der Waals surface area contributed by atoms with Crippen LogP contribution in [0.4, 0.5) is 0 Å². The van der Waals surface area contributed by atoms with Crippen molar-refractivity contribution in [3.05, 3.63) is 41.3 Å². The summed E-state index contributed by atoms with van der Waals surface area (Å²) in [6.45, 7) is 1.42. The van der Waals surface area contributed by atoms with Gasteiger partial charge in [-0.1, -0.05) is 12.1 Å². The Kier molecular flexibility index (Phi) is 8.21. The van der Waals surface area contributed by atoms with Crippen molar-refractivity contribution < 1.29 is 32.2 Å². The van der Waals surface area contributed by atoms with Gasteiger partial charge >= 0.3 is 5.97 Å². The maximum atomic E-state index is 12.7. The van der Waals surface area contributed by atoms with Crippen molar-refractivity contribution in [1.82, 2.24) is 10.0 Å². The van der Waals surface area contributed by atoms with Crippen LogP contribution in [-0.4, -0.2) is 47.7 Å². The van der Waals surface area contributed by atoms with Crippen LogP contribution < -0.4 is 19.5 Å². The first-order chi connectivity index (χ1) is 14.2. The molecule has 1 aromatic carbocycles. The summed E-state index contributed by atoms with van der Waals surface area (Å²) in [6, 6.07) is 6.17. The highest BCUT2D eigenvalue weighted by atomic mass is 32.2. The molecular weight excluding hydrogens is 432 g/mol. The van der Waals surface area contributed by atoms with E-state index >= 15 is 0 Å². The third-order valence-corrected chi connectivity index (χ3v) is 7.15. The number of carbonyl (C=O) groups is 2. The van der Waals surface area contributed by atoms with E-state index in [1.165, 1.54) is 34.3 Å². The summed E-state index contributed by atoms with van der Waals surface area (Å²) in [5.74, 6) is -0.229. The Labute approximate surface area is 179 Å². The molecule has 0 aliphatic rings. The van der Waals surface area contributed by atoms with E-state index in [1.807, 2.05) is 0 Å². The molecule has 11 heteroatoms. The Balaban J connectivity index is 2.21. The summed E-state index contributed by atoms with van der Waals surface area (Å²) in [5.41, 5.74) is 0.569. The van der Waals surface area contributed by atoms with E-state index in [0.717, 1.165) is 11.3 Å². The van der Waals surface area contributed by atoms with Gasteiger partial charge in [0.05, 0.1) is 39.8 Å². The average molecular weight is 457 g/mol. The van der Waals surface area contributed by atoms with Crippen LogP contribution in [0.1, 0.15) is 24.9 Å². The number of hydrogen-bond acceptors (Lipinski definition) is 8. The molecule has 0 fully saturated rings. The molecule has 0 saturated heterocycles. The Bertz CT molecular complexity index is 975. The molecule has 2 unspecified atom stereocenters. The number of hydrogen-bond donors (Lipinski definition) is 2. The number of thiophene rings is 1. The molecule has 0 radical (unpaired) electrons. The van der Waals surface area contributed by atoms with Crippen LogP contribution in [0.3, 0.4) is 0 Å². The second-order valence-electron chi connectivity index (χ2n) is 6.23. The molecule has 1 heterocycles. The van der Waals surface area contributed by atoms with E-state index in [0.29, 0.717) is 17.1 Å². The minimum Gasteiger partial charge on any atom is -0.493 e. The number of carbonyl (C=O) groups excluding carboxylic acids is 2. The maximum absolute atomic E-state index is 12.7. The van der Waals surface area contributed by atoms with Crippen LogP contribution in [0.25, 0.3) is 0 Å². The fourth-order valence-electron chi connectivity index (χ4n) is 2.63. The highest BCUT2D eigenvalue weighted by molar-refractivity contribution is 7.91. The van der Waals surface area contributed by atoms with Crippen LogP contribution >= 0.6 is 11.3 Å². The molecular formula is C19H24N2O7S2. The summed E-state index contributed by atoms with van der Waals surface area (Å²) in [7, 11) is 0.376. The molecule has 30 heavy (non-hydrogen) atoms. The summed E-state index contributed by atoms with van der Waals surface area (Å²) < 4.78 is 42.3. The monoisotopic (exact) mass is 456 g/mol. The molecule has 0 spiro atoms. The van der Waals surface area contributed by atoms with Gasteiger partial charge in [0.2, 0.25) is 5.91 Å². The Hall–Kier alpha value is -2.63. The molecule has 0 saturated carbocycles. The van der Waals surface area contributed by atoms with E-state index in [2.05, 4.69) is 10.0 Å². The SMILES string of the molecule is COC(=O)CC(NC(=O)C(C)NS(=O)(=O)c1cccs1)c1ccc(OC)c(OC)c1. The molecule has 2 atom stereocenters. The third-order valence-electron chi connectivity index (χ3n) is 4.21. The van der Waals surface area contributed by atoms with E-state index < -0.39 is 34.0 Å². The fourth-order valence-corrected chi connectivity index (χ4v) is 4.84. The van der Waals surface area contributed by atoms with Gasteiger partial charge in [-0.05, 0) is 36.1 Å². The van der Waals surface area contributed by atoms with E-state index in [-0.39, 0.29) is 10.6 Å². The lowest BCUT2D eigenvalue weighted by molar-refractivity contribution is -0.141. The topological polar surface area (TPSA) is 120 Å². The molecule has 164 valence electrons. The van der Waals surface area contributed by atoms with Crippen molar-refractivity contribution in [2.45, 2.75) is 29.6 Å². The molecule has 2 aromatic rings. The number of methoxy groups -OCH3 is 3. The molecule has 0 aliphatic carbocycles. The molecule has 9 nitrogen and oxygen atoms in total. The summed E-state index contributed by atoms with van der Waals surface area (Å²) in [4.78, 5) is 24.5. The van der Waals surface area contributed by atoms with Gasteiger partial charge in [-0.2, -0.15) is 4.72 Å². The number of ether oxygens (including phenoxy) is 3. The van der Waals surface area contributed by atoms with Gasteiger partial charge in [0.1, 0.15) is 4.21 Å². The predicted octanol–water partition coefficient (Wildman–Crippen LogP) is 1.85. The van der Waals surface area contributed by atoms with E-state index in [4.69, 9.17) is 14.2 Å². The van der Waals surface area contributed by atoms with E-state index in [1.54, 1.807) is 29.6 Å². The van der Waals surface area contributed by atoms with Crippen molar-refractivity contribution >= 4 is 33.2 Å². The van der Waals surface area contributed by atoms with Crippen molar-refractivity contribution in [2.75, 3.05) is 21.3 Å². The average Bonchev–Trinajstić information content (AvgIpc) is 3.28. The molecule has 0 aliphatic heterocycles. The number of rotatable bonds is 10. The zero-order valence-electron chi connectivity index (χ0n) is 17.0. The summed E-state index contributed by atoms with van der Waals surface area (Å²) in [6.07, 6.45) is -0.151. The molecule has 0 bridgehead atoms. The number of amides is 1. The van der Waals surface area contributed by atoms with Gasteiger partial charge < -0.3 is 19.5 Å². The lowest BCUT2D eigenvalue weighted by Gasteiger charge is -2.22. The van der Waals surface area contributed by atoms with Gasteiger partial charge in [0.15, 0.2) is 11.5 Å². The van der Waals surface area contributed by atoms with Crippen LogP contribution in [0.5, 0.6) is 11.5 Å². The standard InChI is InChI=1S/C19H24N2O7S2/c1-12(21-30(24,25)18-6-5-9-29-18)19(23)20-14(11-17(22)28-4)13-7-8-15(26-2)16(10-13)27-3/h5-10,12,14,21H,11H2,1-4H3,(H,20,23). The van der Waals surface area contributed by atoms with Gasteiger partial charge in [-0.25, -0.2) is 8.42 Å². The quantitative estimate of drug-likeness (QED) is 0.524. The first kappa shape index (κ1) is 23.6. The highest BCUT2D eigenvalue weighted by Crippen LogP contribution is 2.31. The first-order valence-corrected chi connectivity index (χ1v) is 11.2. The minimum absolute atomic E-state index is 0.105.